The standard InChI is InChI=1S/C21H18N4O3.C4H10/c1-28-13-6-7-17-15(9-13)21(27)25-18(20(26)23-11-19(25)24-17)8-12-10-22-16-5-3-2-4-14(12)16;1-4(2)3/h2-7,9-10,18,22H,8,11H2,1H3,(H,23,26);4H,1-3H3. The lowest BCUT2D eigenvalue weighted by Gasteiger charge is -2.27. The Hall–Kier alpha value is -3.61. The summed E-state index contributed by atoms with van der Waals surface area (Å²) in [7, 11) is 1.55. The minimum absolute atomic E-state index is 0.177. The first kappa shape index (κ1) is 21.6. The van der Waals surface area contributed by atoms with Gasteiger partial charge in [0.2, 0.25) is 5.91 Å². The zero-order valence-corrected chi connectivity index (χ0v) is 18.8. The fourth-order valence-electron chi connectivity index (χ4n) is 3.89. The lowest BCUT2D eigenvalue weighted by atomic mass is 10.0. The van der Waals surface area contributed by atoms with E-state index in [0.717, 1.165) is 22.4 Å². The Bertz CT molecular complexity index is 1330. The predicted octanol–water partition coefficient (Wildman–Crippen LogP) is 3.96. The van der Waals surface area contributed by atoms with Crippen LogP contribution >= 0.6 is 0 Å². The van der Waals surface area contributed by atoms with Crippen molar-refractivity contribution < 1.29 is 9.53 Å². The molecule has 166 valence electrons. The number of hydrogen-bond acceptors (Lipinski definition) is 4. The minimum Gasteiger partial charge on any atom is -0.497 e. The highest BCUT2D eigenvalue weighted by molar-refractivity contribution is 5.87. The zero-order chi connectivity index (χ0) is 22.8. The monoisotopic (exact) mass is 432 g/mol. The van der Waals surface area contributed by atoms with E-state index >= 15 is 0 Å². The zero-order valence-electron chi connectivity index (χ0n) is 18.8. The fraction of sp³-hybridized carbons (Fsp3) is 0.320. The van der Waals surface area contributed by atoms with Crippen LogP contribution in [-0.4, -0.2) is 27.6 Å². The van der Waals surface area contributed by atoms with E-state index in [1.807, 2.05) is 30.5 Å². The summed E-state index contributed by atoms with van der Waals surface area (Å²) in [6.07, 6.45) is 2.30. The Labute approximate surface area is 186 Å². The van der Waals surface area contributed by atoms with E-state index in [1.54, 1.807) is 25.3 Å². The summed E-state index contributed by atoms with van der Waals surface area (Å²) in [5, 5.41) is 4.36. The van der Waals surface area contributed by atoms with E-state index in [4.69, 9.17) is 4.74 Å². The number of hydrogen-bond donors (Lipinski definition) is 2. The number of benzene rings is 2. The lowest BCUT2D eigenvalue weighted by molar-refractivity contribution is -0.125. The Balaban J connectivity index is 0.000000567. The largest absolute Gasteiger partial charge is 0.497 e. The van der Waals surface area contributed by atoms with E-state index in [0.29, 0.717) is 28.9 Å². The number of ether oxygens (including phenoxy) is 1. The van der Waals surface area contributed by atoms with Crippen LogP contribution in [0.25, 0.3) is 21.8 Å². The molecule has 7 heteroatoms. The molecule has 3 heterocycles. The number of para-hydroxylation sites is 1. The second-order valence-corrected chi connectivity index (χ2v) is 8.62. The maximum absolute atomic E-state index is 13.3. The number of rotatable bonds is 3. The van der Waals surface area contributed by atoms with Gasteiger partial charge in [0.05, 0.1) is 24.6 Å². The molecule has 0 spiro atoms. The molecule has 2 aromatic heterocycles. The molecular formula is C25H28N4O3. The Kier molecular flexibility index (Phi) is 5.99. The molecule has 1 unspecified atom stereocenters. The van der Waals surface area contributed by atoms with E-state index in [2.05, 4.69) is 36.1 Å². The third-order valence-corrected chi connectivity index (χ3v) is 5.30. The molecule has 0 saturated heterocycles. The number of methoxy groups -OCH3 is 1. The molecule has 32 heavy (non-hydrogen) atoms. The molecule has 1 amide bonds. The lowest BCUT2D eigenvalue weighted by Crippen LogP contribution is -2.45. The summed E-state index contributed by atoms with van der Waals surface area (Å²) in [5.74, 6) is 1.80. The Morgan fingerprint density at radius 3 is 2.62 bits per heavy atom. The van der Waals surface area contributed by atoms with Crippen LogP contribution < -0.4 is 15.6 Å². The normalized spacial score (nSPS) is 15.3. The molecule has 2 aromatic carbocycles. The fourth-order valence-corrected chi connectivity index (χ4v) is 3.89. The SMILES string of the molecule is CC(C)C.COc1ccc2nc3n(c(=O)c2c1)C(Cc1c[nH]c2ccccc12)C(=O)NC3. The van der Waals surface area contributed by atoms with Crippen molar-refractivity contribution in [3.05, 3.63) is 70.4 Å². The van der Waals surface area contributed by atoms with E-state index < -0.39 is 6.04 Å². The first-order chi connectivity index (χ1) is 15.4. The predicted molar refractivity (Wildman–Crippen MR) is 126 cm³/mol. The molecule has 1 atom stereocenters. The van der Waals surface area contributed by atoms with Gasteiger partial charge in [0.25, 0.3) is 5.56 Å². The molecule has 1 aliphatic heterocycles. The summed E-state index contributed by atoms with van der Waals surface area (Å²) in [5.41, 5.74) is 2.36. The highest BCUT2D eigenvalue weighted by Gasteiger charge is 2.30. The van der Waals surface area contributed by atoms with Gasteiger partial charge in [-0.3, -0.25) is 14.2 Å². The molecule has 0 aliphatic carbocycles. The summed E-state index contributed by atoms with van der Waals surface area (Å²) >= 11 is 0. The molecule has 0 fully saturated rings. The van der Waals surface area contributed by atoms with E-state index in [9.17, 15) is 9.59 Å². The van der Waals surface area contributed by atoms with Gasteiger partial charge < -0.3 is 15.0 Å². The molecule has 4 aromatic rings. The number of aromatic nitrogens is 3. The van der Waals surface area contributed by atoms with Crippen molar-refractivity contribution in [3.8, 4) is 5.75 Å². The Morgan fingerprint density at radius 2 is 1.88 bits per heavy atom. The van der Waals surface area contributed by atoms with Crippen LogP contribution in [0.15, 0.2) is 53.5 Å². The number of amides is 1. The Morgan fingerprint density at radius 1 is 1.12 bits per heavy atom. The van der Waals surface area contributed by atoms with E-state index in [-0.39, 0.29) is 18.0 Å². The molecular weight excluding hydrogens is 404 g/mol. The van der Waals surface area contributed by atoms with Crippen LogP contribution in [-0.2, 0) is 17.8 Å². The molecule has 5 rings (SSSR count). The van der Waals surface area contributed by atoms with Crippen molar-refractivity contribution in [3.63, 3.8) is 0 Å². The van der Waals surface area contributed by atoms with E-state index in [1.165, 1.54) is 4.57 Å². The van der Waals surface area contributed by atoms with Gasteiger partial charge in [-0.2, -0.15) is 0 Å². The summed E-state index contributed by atoms with van der Waals surface area (Å²) in [4.78, 5) is 33.8. The quantitative estimate of drug-likeness (QED) is 0.513. The van der Waals surface area contributed by atoms with Crippen LogP contribution in [0.2, 0.25) is 0 Å². The molecule has 0 bridgehead atoms. The number of carbonyl (C=O) groups excluding carboxylic acids is 1. The van der Waals surface area contributed by atoms with Crippen molar-refractivity contribution in [1.82, 2.24) is 19.9 Å². The number of nitrogens with zero attached hydrogens (tertiary/aromatic N) is 2. The first-order valence-corrected chi connectivity index (χ1v) is 10.8. The smallest absolute Gasteiger partial charge is 0.262 e. The van der Waals surface area contributed by atoms with Gasteiger partial charge in [-0.1, -0.05) is 39.0 Å². The van der Waals surface area contributed by atoms with Gasteiger partial charge >= 0.3 is 0 Å². The summed E-state index contributed by atoms with van der Waals surface area (Å²) < 4.78 is 6.77. The van der Waals surface area contributed by atoms with Crippen LogP contribution in [0.5, 0.6) is 5.75 Å². The van der Waals surface area contributed by atoms with Crippen molar-refractivity contribution in [1.29, 1.82) is 0 Å². The van der Waals surface area contributed by atoms with Crippen molar-refractivity contribution >= 4 is 27.7 Å². The third-order valence-electron chi connectivity index (χ3n) is 5.30. The van der Waals surface area contributed by atoms with Crippen LogP contribution in [0.4, 0.5) is 0 Å². The van der Waals surface area contributed by atoms with Crippen molar-refractivity contribution in [2.45, 2.75) is 39.8 Å². The molecule has 1 aliphatic rings. The topological polar surface area (TPSA) is 89.0 Å². The molecule has 7 nitrogen and oxygen atoms in total. The average molecular weight is 433 g/mol. The second kappa shape index (κ2) is 8.86. The first-order valence-electron chi connectivity index (χ1n) is 10.8. The average Bonchev–Trinajstić information content (AvgIpc) is 3.18. The highest BCUT2D eigenvalue weighted by atomic mass is 16.5. The maximum Gasteiger partial charge on any atom is 0.262 e. The minimum atomic E-state index is -0.654. The number of nitrogens with one attached hydrogen (secondary N) is 2. The van der Waals surface area contributed by atoms with Gasteiger partial charge in [0.1, 0.15) is 17.6 Å². The second-order valence-electron chi connectivity index (χ2n) is 8.62. The van der Waals surface area contributed by atoms with Gasteiger partial charge in [-0.05, 0) is 35.7 Å². The van der Waals surface area contributed by atoms with Gasteiger partial charge in [0, 0.05) is 23.5 Å². The number of carbonyl (C=O) groups is 1. The van der Waals surface area contributed by atoms with Crippen LogP contribution in [0, 0.1) is 5.92 Å². The third kappa shape index (κ3) is 4.10. The maximum atomic E-state index is 13.3. The molecule has 2 N–H and O–H groups in total. The molecule has 0 saturated carbocycles. The van der Waals surface area contributed by atoms with Crippen LogP contribution in [0.3, 0.4) is 0 Å². The summed E-state index contributed by atoms with van der Waals surface area (Å²) in [6, 6.07) is 12.5. The molecule has 0 radical (unpaired) electrons. The number of aromatic amines is 1. The highest BCUT2D eigenvalue weighted by Crippen LogP contribution is 2.26. The van der Waals surface area contributed by atoms with Crippen molar-refractivity contribution in [2.75, 3.05) is 7.11 Å². The number of H-pyrrole nitrogens is 1. The van der Waals surface area contributed by atoms with Crippen molar-refractivity contribution in [2.24, 2.45) is 5.92 Å². The van der Waals surface area contributed by atoms with Crippen LogP contribution in [0.1, 0.15) is 38.2 Å². The van der Waals surface area contributed by atoms with Gasteiger partial charge in [-0.25, -0.2) is 4.98 Å². The number of fused-ring (bicyclic) bond motifs is 3. The van der Waals surface area contributed by atoms with Gasteiger partial charge in [-0.15, -0.1) is 0 Å². The van der Waals surface area contributed by atoms with Gasteiger partial charge in [0.15, 0.2) is 0 Å². The summed E-state index contributed by atoms with van der Waals surface area (Å²) in [6.45, 7) is 6.74.